The van der Waals surface area contributed by atoms with E-state index in [1.54, 1.807) is 24.3 Å². The lowest BCUT2D eigenvalue weighted by atomic mass is 10.1. The van der Waals surface area contributed by atoms with E-state index in [2.05, 4.69) is 15.2 Å². The highest BCUT2D eigenvalue weighted by molar-refractivity contribution is 6.01. The van der Waals surface area contributed by atoms with Crippen LogP contribution in [0.2, 0.25) is 0 Å². The number of piperidine rings is 1. The zero-order valence-corrected chi connectivity index (χ0v) is 14.9. The Morgan fingerprint density at radius 3 is 2.68 bits per heavy atom. The third-order valence-electron chi connectivity index (χ3n) is 4.51. The Morgan fingerprint density at radius 2 is 1.92 bits per heavy atom. The van der Waals surface area contributed by atoms with E-state index < -0.39 is 11.5 Å². The first-order chi connectivity index (χ1) is 11.7. The third-order valence-corrected chi connectivity index (χ3v) is 4.51. The minimum atomic E-state index is -0.570. The lowest BCUT2D eigenvalue weighted by molar-refractivity contribution is 0.0947. The maximum atomic E-state index is 12.3. The van der Waals surface area contributed by atoms with Crippen LogP contribution in [0.15, 0.2) is 29.1 Å². The molecule has 6 nitrogen and oxygen atoms in total. The summed E-state index contributed by atoms with van der Waals surface area (Å²) in [6, 6.07) is 6.88. The van der Waals surface area contributed by atoms with Crippen LogP contribution in [-0.2, 0) is 0 Å². The minimum absolute atomic E-state index is 0. The molecule has 1 fully saturated rings. The molecule has 0 bridgehead atoms. The summed E-state index contributed by atoms with van der Waals surface area (Å²) in [4.78, 5) is 29.4. The summed E-state index contributed by atoms with van der Waals surface area (Å²) in [5.41, 5.74) is -0.270. The second kappa shape index (κ2) is 8.87. The van der Waals surface area contributed by atoms with E-state index in [9.17, 15) is 14.7 Å². The molecule has 7 heteroatoms. The van der Waals surface area contributed by atoms with E-state index >= 15 is 0 Å². The van der Waals surface area contributed by atoms with Crippen molar-refractivity contribution in [2.24, 2.45) is 0 Å². The molecule has 0 atom stereocenters. The molecule has 0 aliphatic carbocycles. The van der Waals surface area contributed by atoms with Crippen molar-refractivity contribution >= 4 is 29.2 Å². The molecule has 2 heterocycles. The molecule has 3 rings (SSSR count). The molecule has 3 N–H and O–H groups in total. The number of pyridine rings is 1. The normalized spacial score (nSPS) is 14.9. The summed E-state index contributed by atoms with van der Waals surface area (Å²) in [6.07, 6.45) is 4.62. The summed E-state index contributed by atoms with van der Waals surface area (Å²) < 4.78 is 0. The van der Waals surface area contributed by atoms with Crippen molar-refractivity contribution in [3.05, 3.63) is 40.2 Å². The van der Waals surface area contributed by atoms with Gasteiger partial charge in [0.2, 0.25) is 0 Å². The van der Waals surface area contributed by atoms with Crippen molar-refractivity contribution in [3.8, 4) is 5.75 Å². The molecule has 136 valence electrons. The topological polar surface area (TPSA) is 85.4 Å². The Morgan fingerprint density at radius 1 is 1.20 bits per heavy atom. The quantitative estimate of drug-likeness (QED) is 0.709. The molecule has 1 aromatic carbocycles. The van der Waals surface area contributed by atoms with Crippen molar-refractivity contribution in [1.82, 2.24) is 15.2 Å². The first kappa shape index (κ1) is 19.3. The average Bonchev–Trinajstić information content (AvgIpc) is 2.60. The summed E-state index contributed by atoms with van der Waals surface area (Å²) in [5, 5.41) is 13.5. The Kier molecular flexibility index (Phi) is 6.84. The van der Waals surface area contributed by atoms with Crippen LogP contribution >= 0.6 is 12.4 Å². The largest absolute Gasteiger partial charge is 0.506 e. The molecule has 2 aromatic rings. The number of carbonyl (C=O) groups is 1. The molecule has 1 aliphatic heterocycles. The van der Waals surface area contributed by atoms with E-state index in [0.29, 0.717) is 17.4 Å². The van der Waals surface area contributed by atoms with Crippen molar-refractivity contribution in [2.75, 3.05) is 26.2 Å². The van der Waals surface area contributed by atoms with Crippen molar-refractivity contribution in [2.45, 2.75) is 25.7 Å². The van der Waals surface area contributed by atoms with Crippen LogP contribution in [0.3, 0.4) is 0 Å². The van der Waals surface area contributed by atoms with Gasteiger partial charge in [-0.1, -0.05) is 18.6 Å². The van der Waals surface area contributed by atoms with Crippen molar-refractivity contribution < 1.29 is 9.90 Å². The van der Waals surface area contributed by atoms with Crippen LogP contribution in [-0.4, -0.2) is 47.1 Å². The number of hydrogen-bond acceptors (Lipinski definition) is 4. The number of aromatic nitrogens is 1. The maximum absolute atomic E-state index is 12.3. The van der Waals surface area contributed by atoms with Gasteiger partial charge in [-0.05, 0) is 51.0 Å². The number of rotatable bonds is 5. The highest BCUT2D eigenvalue weighted by Crippen LogP contribution is 2.24. The number of hydrogen-bond donors (Lipinski definition) is 3. The van der Waals surface area contributed by atoms with Crippen LogP contribution in [0.1, 0.15) is 36.0 Å². The zero-order chi connectivity index (χ0) is 16.9. The van der Waals surface area contributed by atoms with Gasteiger partial charge in [-0.25, -0.2) is 0 Å². The summed E-state index contributed by atoms with van der Waals surface area (Å²) >= 11 is 0. The zero-order valence-electron chi connectivity index (χ0n) is 14.1. The molecule has 1 aromatic heterocycles. The molecule has 0 spiro atoms. The summed E-state index contributed by atoms with van der Waals surface area (Å²) in [5.74, 6) is -0.791. The molecule has 25 heavy (non-hydrogen) atoms. The molecule has 1 amide bonds. The van der Waals surface area contributed by atoms with E-state index in [4.69, 9.17) is 0 Å². The summed E-state index contributed by atoms with van der Waals surface area (Å²) in [7, 11) is 0. The van der Waals surface area contributed by atoms with Crippen LogP contribution < -0.4 is 10.9 Å². The molecular weight excluding hydrogens is 342 g/mol. The highest BCUT2D eigenvalue weighted by Gasteiger charge is 2.18. The number of likely N-dealkylation sites (tertiary alicyclic amines) is 1. The van der Waals surface area contributed by atoms with Gasteiger partial charge in [0, 0.05) is 11.9 Å². The van der Waals surface area contributed by atoms with E-state index in [-0.39, 0.29) is 23.7 Å². The number of aromatic hydroxyl groups is 1. The number of aromatic amines is 1. The first-order valence-electron chi connectivity index (χ1n) is 8.51. The van der Waals surface area contributed by atoms with Gasteiger partial charge in [-0.3, -0.25) is 9.59 Å². The number of amides is 1. The molecule has 1 saturated heterocycles. The molecule has 0 unspecified atom stereocenters. The number of halogens is 1. The number of benzene rings is 1. The van der Waals surface area contributed by atoms with Crippen LogP contribution in [0.5, 0.6) is 5.75 Å². The monoisotopic (exact) mass is 365 g/mol. The Bertz CT molecular complexity index is 785. The lowest BCUT2D eigenvalue weighted by Gasteiger charge is -2.26. The molecule has 1 aliphatic rings. The second-order valence-electron chi connectivity index (χ2n) is 6.24. The van der Waals surface area contributed by atoms with Gasteiger partial charge in [0.25, 0.3) is 11.5 Å². The van der Waals surface area contributed by atoms with Gasteiger partial charge in [0.15, 0.2) is 0 Å². The molecule has 0 saturated carbocycles. The van der Waals surface area contributed by atoms with E-state index in [0.717, 1.165) is 26.1 Å². The van der Waals surface area contributed by atoms with Crippen molar-refractivity contribution in [3.63, 3.8) is 0 Å². The third kappa shape index (κ3) is 4.52. The van der Waals surface area contributed by atoms with Gasteiger partial charge in [0.1, 0.15) is 11.3 Å². The van der Waals surface area contributed by atoms with Crippen molar-refractivity contribution in [1.29, 1.82) is 0 Å². The van der Waals surface area contributed by atoms with Gasteiger partial charge in [-0.15, -0.1) is 12.4 Å². The lowest BCUT2D eigenvalue weighted by Crippen LogP contribution is -2.34. The number of nitrogens with one attached hydrogen (secondary N) is 2. The number of para-hydroxylation sites is 1. The molecule has 0 radical (unpaired) electrons. The van der Waals surface area contributed by atoms with Gasteiger partial charge < -0.3 is 20.3 Å². The number of nitrogens with zero attached hydrogens (tertiary/aromatic N) is 1. The SMILES string of the molecule is Cl.O=C(NCCCN1CCCCC1)c1c(O)c2ccccc2[nH]c1=O. The first-order valence-corrected chi connectivity index (χ1v) is 8.51. The Labute approximate surface area is 152 Å². The van der Waals surface area contributed by atoms with Gasteiger partial charge >= 0.3 is 0 Å². The highest BCUT2D eigenvalue weighted by atomic mass is 35.5. The number of fused-ring (bicyclic) bond motifs is 1. The smallest absolute Gasteiger partial charge is 0.265 e. The fraction of sp³-hybridized carbons (Fsp3) is 0.444. The van der Waals surface area contributed by atoms with E-state index in [1.807, 2.05) is 0 Å². The fourth-order valence-corrected chi connectivity index (χ4v) is 3.21. The summed E-state index contributed by atoms with van der Waals surface area (Å²) in [6.45, 7) is 3.68. The van der Waals surface area contributed by atoms with Gasteiger partial charge in [0.05, 0.1) is 5.52 Å². The Balaban J connectivity index is 0.00000225. The predicted molar refractivity (Wildman–Crippen MR) is 101 cm³/mol. The number of carbonyl (C=O) groups excluding carboxylic acids is 1. The second-order valence-corrected chi connectivity index (χ2v) is 6.24. The van der Waals surface area contributed by atoms with E-state index in [1.165, 1.54) is 19.3 Å². The minimum Gasteiger partial charge on any atom is -0.506 e. The van der Waals surface area contributed by atoms with Crippen LogP contribution in [0.4, 0.5) is 0 Å². The maximum Gasteiger partial charge on any atom is 0.265 e. The fourth-order valence-electron chi connectivity index (χ4n) is 3.21. The predicted octanol–water partition coefficient (Wildman–Crippen LogP) is 2.26. The van der Waals surface area contributed by atoms with Gasteiger partial charge in [-0.2, -0.15) is 0 Å². The van der Waals surface area contributed by atoms with Crippen LogP contribution in [0, 0.1) is 0 Å². The van der Waals surface area contributed by atoms with Crippen LogP contribution in [0.25, 0.3) is 10.9 Å². The number of H-pyrrole nitrogens is 1. The Hall–Kier alpha value is -2.05. The standard InChI is InChI=1S/C18H23N3O3.ClH/c22-16-13-7-2-3-8-14(13)20-18(24)15(16)17(23)19-9-6-12-21-10-4-1-5-11-21;/h2-3,7-8H,1,4-6,9-12H2,(H,19,23)(H2,20,22,24);1H. The molecular formula is C18H24ClN3O3. The average molecular weight is 366 g/mol.